The zero-order valence-corrected chi connectivity index (χ0v) is 16.1. The monoisotopic (exact) mass is 409 g/mol. The minimum absolute atomic E-state index is 0.197. The Morgan fingerprint density at radius 3 is 2.29 bits per heavy atom. The molecule has 0 N–H and O–H groups in total. The molecule has 2 aromatic rings. The van der Waals surface area contributed by atoms with Gasteiger partial charge in [0.05, 0.1) is 0 Å². The van der Waals surface area contributed by atoms with Crippen molar-refractivity contribution < 1.29 is 17.2 Å². The van der Waals surface area contributed by atoms with Gasteiger partial charge in [-0.05, 0) is 31.0 Å². The summed E-state index contributed by atoms with van der Waals surface area (Å²) in [5.74, 6) is -0.437. The van der Waals surface area contributed by atoms with E-state index in [4.69, 9.17) is 0 Å². The number of rotatable bonds is 4. The average molecular weight is 409 g/mol. The summed E-state index contributed by atoms with van der Waals surface area (Å²) >= 11 is 0. The highest BCUT2D eigenvalue weighted by Gasteiger charge is 2.31. The van der Waals surface area contributed by atoms with Gasteiger partial charge in [-0.15, -0.1) is 0 Å². The fourth-order valence-electron chi connectivity index (χ4n) is 3.57. The molecule has 10 heteroatoms. The lowest BCUT2D eigenvalue weighted by Crippen LogP contribution is -2.49. The van der Waals surface area contributed by atoms with Gasteiger partial charge in [0.25, 0.3) is 0 Å². The highest BCUT2D eigenvalue weighted by molar-refractivity contribution is 7.89. The van der Waals surface area contributed by atoms with Crippen LogP contribution < -0.4 is 9.80 Å². The van der Waals surface area contributed by atoms with Gasteiger partial charge in [0.1, 0.15) is 22.3 Å². The average Bonchev–Trinajstić information content (AvgIpc) is 3.23. The van der Waals surface area contributed by atoms with Gasteiger partial charge in [0.2, 0.25) is 16.0 Å². The van der Waals surface area contributed by atoms with Gasteiger partial charge in [0.15, 0.2) is 0 Å². The van der Waals surface area contributed by atoms with Crippen molar-refractivity contribution in [3.05, 3.63) is 42.1 Å². The molecule has 2 saturated heterocycles. The van der Waals surface area contributed by atoms with Gasteiger partial charge in [-0.2, -0.15) is 9.29 Å². The molecule has 28 heavy (non-hydrogen) atoms. The molecule has 0 aliphatic carbocycles. The number of nitrogens with zero attached hydrogens (tertiary/aromatic N) is 5. The van der Waals surface area contributed by atoms with Crippen LogP contribution in [0, 0.1) is 11.6 Å². The maximum atomic E-state index is 14.0. The number of hydrogen-bond donors (Lipinski definition) is 0. The molecule has 0 saturated carbocycles. The first-order valence-corrected chi connectivity index (χ1v) is 10.7. The standard InChI is InChI=1S/C18H21F2N5O2S/c19-14-3-4-16(15(20)13-14)28(26,27)25-11-9-23(10-12-25)17-5-6-21-18(22-17)24-7-1-2-8-24/h3-6,13H,1-2,7-12H2. The Labute approximate surface area is 162 Å². The number of halogens is 2. The third-order valence-corrected chi connectivity index (χ3v) is 7.02. The second kappa shape index (κ2) is 7.59. The summed E-state index contributed by atoms with van der Waals surface area (Å²) in [5.41, 5.74) is 0. The molecule has 1 aromatic carbocycles. The van der Waals surface area contributed by atoms with Crippen molar-refractivity contribution in [3.63, 3.8) is 0 Å². The molecule has 0 radical (unpaired) electrons. The molecular weight excluding hydrogens is 388 g/mol. The summed E-state index contributed by atoms with van der Waals surface area (Å²) in [6, 6.07) is 4.32. The van der Waals surface area contributed by atoms with E-state index in [0.717, 1.165) is 43.9 Å². The predicted molar refractivity (Wildman–Crippen MR) is 101 cm³/mol. The Morgan fingerprint density at radius 1 is 0.893 bits per heavy atom. The third-order valence-electron chi connectivity index (χ3n) is 5.09. The fraction of sp³-hybridized carbons (Fsp3) is 0.444. The van der Waals surface area contributed by atoms with Crippen molar-refractivity contribution in [3.8, 4) is 0 Å². The van der Waals surface area contributed by atoms with Crippen LogP contribution in [0.2, 0.25) is 0 Å². The van der Waals surface area contributed by atoms with Gasteiger partial charge >= 0.3 is 0 Å². The van der Waals surface area contributed by atoms with Crippen molar-refractivity contribution in [2.24, 2.45) is 0 Å². The molecular formula is C18H21F2N5O2S. The summed E-state index contributed by atoms with van der Waals surface area (Å²) in [7, 11) is -4.01. The summed E-state index contributed by atoms with van der Waals surface area (Å²) in [6.45, 7) is 3.14. The Morgan fingerprint density at radius 2 is 1.61 bits per heavy atom. The Hall–Kier alpha value is -2.33. The molecule has 0 atom stereocenters. The molecule has 0 spiro atoms. The number of sulfonamides is 1. The van der Waals surface area contributed by atoms with Crippen molar-refractivity contribution in [2.75, 3.05) is 49.1 Å². The van der Waals surface area contributed by atoms with E-state index in [0.29, 0.717) is 25.1 Å². The molecule has 4 rings (SSSR count). The lowest BCUT2D eigenvalue weighted by atomic mass is 10.3. The van der Waals surface area contributed by atoms with E-state index in [2.05, 4.69) is 14.9 Å². The van der Waals surface area contributed by atoms with Gasteiger partial charge < -0.3 is 9.80 Å². The first kappa shape index (κ1) is 19.0. The van der Waals surface area contributed by atoms with E-state index in [1.54, 1.807) is 6.20 Å². The maximum absolute atomic E-state index is 14.0. The second-order valence-electron chi connectivity index (χ2n) is 6.87. The lowest BCUT2D eigenvalue weighted by Gasteiger charge is -2.34. The number of hydrogen-bond acceptors (Lipinski definition) is 6. The lowest BCUT2D eigenvalue weighted by molar-refractivity contribution is 0.381. The van der Waals surface area contributed by atoms with Crippen LogP contribution in [0.15, 0.2) is 35.4 Å². The van der Waals surface area contributed by atoms with E-state index in [9.17, 15) is 17.2 Å². The smallest absolute Gasteiger partial charge is 0.246 e. The first-order valence-electron chi connectivity index (χ1n) is 9.23. The Balaban J connectivity index is 1.46. The van der Waals surface area contributed by atoms with Crippen LogP contribution >= 0.6 is 0 Å². The zero-order valence-electron chi connectivity index (χ0n) is 15.3. The molecule has 2 aliphatic heterocycles. The number of anilines is 2. The molecule has 2 aliphatic rings. The van der Waals surface area contributed by atoms with Crippen LogP contribution in [0.4, 0.5) is 20.5 Å². The summed E-state index contributed by atoms with van der Waals surface area (Å²) in [4.78, 5) is 12.6. The molecule has 3 heterocycles. The second-order valence-corrected chi connectivity index (χ2v) is 8.78. The SMILES string of the molecule is O=S(=O)(c1ccc(F)cc1F)N1CCN(c2ccnc(N3CCCC3)n2)CC1. The minimum atomic E-state index is -4.01. The largest absolute Gasteiger partial charge is 0.354 e. The summed E-state index contributed by atoms with van der Waals surface area (Å²) < 4.78 is 53.7. The van der Waals surface area contributed by atoms with Gasteiger partial charge in [-0.25, -0.2) is 22.2 Å². The molecule has 0 unspecified atom stereocenters. The molecule has 2 fully saturated rings. The summed E-state index contributed by atoms with van der Waals surface area (Å²) in [5, 5.41) is 0. The maximum Gasteiger partial charge on any atom is 0.246 e. The zero-order chi connectivity index (χ0) is 19.7. The van der Waals surface area contributed by atoms with Crippen LogP contribution in [-0.4, -0.2) is 62.0 Å². The van der Waals surface area contributed by atoms with Gasteiger partial charge in [0, 0.05) is 51.5 Å². The predicted octanol–water partition coefficient (Wildman–Crippen LogP) is 1.87. The molecule has 0 amide bonds. The van der Waals surface area contributed by atoms with Crippen LogP contribution in [0.3, 0.4) is 0 Å². The van der Waals surface area contributed by atoms with E-state index in [-0.39, 0.29) is 13.1 Å². The van der Waals surface area contributed by atoms with Crippen molar-refractivity contribution in [1.82, 2.24) is 14.3 Å². The van der Waals surface area contributed by atoms with Gasteiger partial charge in [-0.1, -0.05) is 0 Å². The van der Waals surface area contributed by atoms with Gasteiger partial charge in [-0.3, -0.25) is 0 Å². The van der Waals surface area contributed by atoms with Crippen LogP contribution in [0.1, 0.15) is 12.8 Å². The van der Waals surface area contributed by atoms with E-state index in [1.807, 2.05) is 11.0 Å². The molecule has 1 aromatic heterocycles. The van der Waals surface area contributed by atoms with E-state index >= 15 is 0 Å². The van der Waals surface area contributed by atoms with Crippen molar-refractivity contribution >= 4 is 21.8 Å². The Kier molecular flexibility index (Phi) is 5.15. The van der Waals surface area contributed by atoms with Crippen molar-refractivity contribution in [2.45, 2.75) is 17.7 Å². The first-order chi connectivity index (χ1) is 13.4. The molecule has 0 bridgehead atoms. The van der Waals surface area contributed by atoms with E-state index in [1.165, 1.54) is 4.31 Å². The Bertz CT molecular complexity index is 958. The van der Waals surface area contributed by atoms with E-state index < -0.39 is 26.6 Å². The highest BCUT2D eigenvalue weighted by atomic mass is 32.2. The fourth-order valence-corrected chi connectivity index (χ4v) is 5.03. The molecule has 7 nitrogen and oxygen atoms in total. The summed E-state index contributed by atoms with van der Waals surface area (Å²) in [6.07, 6.45) is 3.97. The third kappa shape index (κ3) is 3.66. The van der Waals surface area contributed by atoms with Crippen LogP contribution in [-0.2, 0) is 10.0 Å². The van der Waals surface area contributed by atoms with Crippen LogP contribution in [0.25, 0.3) is 0 Å². The van der Waals surface area contributed by atoms with Crippen LogP contribution in [0.5, 0.6) is 0 Å². The van der Waals surface area contributed by atoms with Crippen molar-refractivity contribution in [1.29, 1.82) is 0 Å². The number of aromatic nitrogens is 2. The number of benzene rings is 1. The quantitative estimate of drug-likeness (QED) is 0.768. The highest BCUT2D eigenvalue weighted by Crippen LogP contribution is 2.24. The normalized spacial score (nSPS) is 18.6. The molecule has 150 valence electrons. The topological polar surface area (TPSA) is 69.6 Å². The number of piperazine rings is 1. The minimum Gasteiger partial charge on any atom is -0.354 e.